The van der Waals surface area contributed by atoms with Crippen molar-refractivity contribution in [3.63, 3.8) is 0 Å². The summed E-state index contributed by atoms with van der Waals surface area (Å²) < 4.78 is 19.6. The van der Waals surface area contributed by atoms with Gasteiger partial charge in [-0.15, -0.1) is 5.10 Å². The van der Waals surface area contributed by atoms with Crippen LogP contribution in [0.4, 0.5) is 5.95 Å². The van der Waals surface area contributed by atoms with Gasteiger partial charge in [-0.3, -0.25) is 0 Å². The van der Waals surface area contributed by atoms with Crippen molar-refractivity contribution in [2.45, 2.75) is 71.2 Å². The van der Waals surface area contributed by atoms with E-state index in [1.807, 2.05) is 56.3 Å². The summed E-state index contributed by atoms with van der Waals surface area (Å²) in [6.07, 6.45) is 3.92. The summed E-state index contributed by atoms with van der Waals surface area (Å²) in [6.45, 7) is 9.21. The fraction of sp³-hybridized carbons (Fsp3) is 0.433. The van der Waals surface area contributed by atoms with Gasteiger partial charge in [-0.2, -0.15) is 4.98 Å². The molecule has 2 heterocycles. The zero-order valence-electron chi connectivity index (χ0n) is 23.5. The Bertz CT molecular complexity index is 1330. The average molecular weight is 585 g/mol. The highest BCUT2D eigenvalue weighted by Gasteiger charge is 2.35. The third-order valence-corrected chi connectivity index (χ3v) is 7.58. The lowest BCUT2D eigenvalue weighted by Gasteiger charge is -2.28. The fourth-order valence-electron chi connectivity index (χ4n) is 4.28. The van der Waals surface area contributed by atoms with Crippen LogP contribution >= 0.6 is 23.4 Å². The van der Waals surface area contributed by atoms with Crippen molar-refractivity contribution < 1.29 is 19.0 Å². The number of esters is 1. The van der Waals surface area contributed by atoms with E-state index >= 15 is 0 Å². The molecule has 0 bridgehead atoms. The number of hydrogen-bond acceptors (Lipinski definition) is 8. The summed E-state index contributed by atoms with van der Waals surface area (Å²) in [5.74, 6) is 2.34. The van der Waals surface area contributed by atoms with Gasteiger partial charge < -0.3 is 19.5 Å². The van der Waals surface area contributed by atoms with Crippen molar-refractivity contribution in [1.29, 1.82) is 0 Å². The second-order valence-corrected chi connectivity index (χ2v) is 11.0. The maximum atomic E-state index is 13.4. The van der Waals surface area contributed by atoms with Gasteiger partial charge in [0.15, 0.2) is 11.5 Å². The largest absolute Gasteiger partial charge is 0.490 e. The highest BCUT2D eigenvalue weighted by Crippen LogP contribution is 2.40. The summed E-state index contributed by atoms with van der Waals surface area (Å²) >= 11 is 7.63. The highest BCUT2D eigenvalue weighted by molar-refractivity contribution is 7.99. The average Bonchev–Trinajstić information content (AvgIpc) is 3.35. The van der Waals surface area contributed by atoms with E-state index < -0.39 is 6.04 Å². The Morgan fingerprint density at radius 2 is 1.82 bits per heavy atom. The molecule has 4 rings (SSSR count). The predicted molar refractivity (Wildman–Crippen MR) is 159 cm³/mol. The summed E-state index contributed by atoms with van der Waals surface area (Å²) in [4.78, 5) is 18.1. The van der Waals surface area contributed by atoms with Crippen molar-refractivity contribution in [3.05, 3.63) is 69.9 Å². The van der Waals surface area contributed by atoms with Crippen molar-refractivity contribution in [1.82, 2.24) is 14.8 Å². The number of benzene rings is 2. The van der Waals surface area contributed by atoms with Crippen LogP contribution in [0.2, 0.25) is 5.02 Å². The van der Waals surface area contributed by atoms with Crippen LogP contribution in [0.1, 0.15) is 70.5 Å². The van der Waals surface area contributed by atoms with Crippen LogP contribution in [-0.2, 0) is 16.1 Å². The van der Waals surface area contributed by atoms with Crippen LogP contribution in [0.15, 0.2) is 58.9 Å². The van der Waals surface area contributed by atoms with E-state index in [-0.39, 0.29) is 5.97 Å². The minimum absolute atomic E-state index is 0.364. The SMILES string of the molecule is CCCCOC(=O)C1=C(C)Nc2nc(SCCCC)nn2C1c1ccc(OCc2ccc(Cl)cc2)c(OCC)c1. The molecule has 1 aromatic heterocycles. The molecule has 1 aliphatic heterocycles. The summed E-state index contributed by atoms with van der Waals surface area (Å²) in [5, 5.41) is 9.43. The number of nitrogens with one attached hydrogen (secondary N) is 1. The predicted octanol–water partition coefficient (Wildman–Crippen LogP) is 7.43. The number of halogens is 1. The number of unbranched alkanes of at least 4 members (excludes halogenated alkanes) is 2. The van der Waals surface area contributed by atoms with Crippen molar-refractivity contribution in [2.75, 3.05) is 24.3 Å². The third kappa shape index (κ3) is 7.31. The molecule has 0 saturated heterocycles. The van der Waals surface area contributed by atoms with Crippen LogP contribution in [0.25, 0.3) is 0 Å². The molecule has 10 heteroatoms. The molecule has 8 nitrogen and oxygen atoms in total. The smallest absolute Gasteiger partial charge is 0.338 e. The van der Waals surface area contributed by atoms with E-state index in [4.69, 9.17) is 35.9 Å². The first-order chi connectivity index (χ1) is 19.4. The van der Waals surface area contributed by atoms with Gasteiger partial charge in [-0.25, -0.2) is 9.48 Å². The second kappa shape index (κ2) is 14.5. The lowest BCUT2D eigenvalue weighted by Crippen LogP contribution is -2.30. The van der Waals surface area contributed by atoms with E-state index in [0.29, 0.717) is 58.7 Å². The zero-order valence-corrected chi connectivity index (χ0v) is 25.1. The number of ether oxygens (including phenoxy) is 3. The third-order valence-electron chi connectivity index (χ3n) is 6.40. The quantitative estimate of drug-likeness (QED) is 0.119. The van der Waals surface area contributed by atoms with Crippen molar-refractivity contribution in [3.8, 4) is 11.5 Å². The number of hydrogen-bond donors (Lipinski definition) is 1. The minimum Gasteiger partial charge on any atom is -0.490 e. The highest BCUT2D eigenvalue weighted by atomic mass is 35.5. The number of aromatic nitrogens is 3. The van der Waals surface area contributed by atoms with Gasteiger partial charge in [0.25, 0.3) is 0 Å². The molecule has 1 atom stereocenters. The second-order valence-electron chi connectivity index (χ2n) is 9.47. The normalized spacial score (nSPS) is 14.5. The van der Waals surface area contributed by atoms with Gasteiger partial charge >= 0.3 is 5.97 Å². The molecule has 1 unspecified atom stereocenters. The first-order valence-corrected chi connectivity index (χ1v) is 15.2. The number of thioether (sulfide) groups is 1. The Kier molecular flexibility index (Phi) is 10.8. The molecule has 0 saturated carbocycles. The number of nitrogens with zero attached hydrogens (tertiary/aromatic N) is 3. The summed E-state index contributed by atoms with van der Waals surface area (Å²) in [5.41, 5.74) is 3.00. The lowest BCUT2D eigenvalue weighted by atomic mass is 9.95. The number of allylic oxidation sites excluding steroid dienone is 1. The molecule has 2 aromatic carbocycles. The molecule has 0 amide bonds. The molecule has 214 valence electrons. The van der Waals surface area contributed by atoms with Crippen LogP contribution < -0.4 is 14.8 Å². The van der Waals surface area contributed by atoms with Gasteiger partial charge in [0, 0.05) is 16.5 Å². The molecule has 1 aliphatic rings. The van der Waals surface area contributed by atoms with Gasteiger partial charge in [0.05, 0.1) is 18.8 Å². The topological polar surface area (TPSA) is 87.5 Å². The first-order valence-electron chi connectivity index (χ1n) is 13.8. The molecular formula is C30H37ClN4O4S. The van der Waals surface area contributed by atoms with E-state index in [2.05, 4.69) is 19.2 Å². The Morgan fingerprint density at radius 3 is 2.55 bits per heavy atom. The van der Waals surface area contributed by atoms with E-state index in [0.717, 1.165) is 42.6 Å². The number of carbonyl (C=O) groups excluding carboxylic acids is 1. The van der Waals surface area contributed by atoms with Crippen molar-refractivity contribution in [2.24, 2.45) is 0 Å². The summed E-state index contributed by atoms with van der Waals surface area (Å²) in [6, 6.07) is 12.7. The maximum Gasteiger partial charge on any atom is 0.338 e. The Balaban J connectivity index is 1.69. The van der Waals surface area contributed by atoms with Gasteiger partial charge in [0.1, 0.15) is 12.6 Å². The minimum atomic E-state index is -0.539. The Morgan fingerprint density at radius 1 is 1.05 bits per heavy atom. The van der Waals surface area contributed by atoms with Crippen molar-refractivity contribution >= 4 is 35.3 Å². The van der Waals surface area contributed by atoms with Crippen LogP contribution in [-0.4, -0.2) is 39.7 Å². The fourth-order valence-corrected chi connectivity index (χ4v) is 5.32. The van der Waals surface area contributed by atoms with E-state index in [9.17, 15) is 4.79 Å². The van der Waals surface area contributed by atoms with E-state index in [1.165, 1.54) is 0 Å². The Hall–Kier alpha value is -3.17. The molecule has 1 N–H and O–H groups in total. The van der Waals surface area contributed by atoms with Crippen LogP contribution in [0, 0.1) is 0 Å². The monoisotopic (exact) mass is 584 g/mol. The number of anilines is 1. The molecular weight excluding hydrogens is 548 g/mol. The molecule has 40 heavy (non-hydrogen) atoms. The van der Waals surface area contributed by atoms with Gasteiger partial charge in [-0.1, -0.05) is 68.3 Å². The lowest BCUT2D eigenvalue weighted by molar-refractivity contribution is -0.139. The Labute approximate surface area is 245 Å². The standard InChI is InChI=1S/C30H37ClN4O4S/c1-5-8-16-38-28(36)26-20(4)32-29-33-30(40-17-9-6-2)34-35(29)27(26)22-12-15-24(25(18-22)37-7-3)39-19-21-10-13-23(31)14-11-21/h10-15,18,27H,5-9,16-17,19H2,1-4H3,(H,32,33,34). The maximum absolute atomic E-state index is 13.4. The molecule has 3 aromatic rings. The van der Waals surface area contributed by atoms with Crippen LogP contribution in [0.5, 0.6) is 11.5 Å². The summed E-state index contributed by atoms with van der Waals surface area (Å²) in [7, 11) is 0. The number of carbonyl (C=O) groups is 1. The molecule has 0 fully saturated rings. The molecule has 0 radical (unpaired) electrons. The zero-order chi connectivity index (χ0) is 28.5. The molecule has 0 aliphatic carbocycles. The number of fused-ring (bicyclic) bond motifs is 1. The molecule has 0 spiro atoms. The van der Waals surface area contributed by atoms with Gasteiger partial charge in [0.2, 0.25) is 11.1 Å². The number of rotatable bonds is 14. The van der Waals surface area contributed by atoms with E-state index in [1.54, 1.807) is 16.4 Å². The van der Waals surface area contributed by atoms with Crippen LogP contribution in [0.3, 0.4) is 0 Å². The van der Waals surface area contributed by atoms with Gasteiger partial charge in [-0.05, 0) is 62.1 Å². The first kappa shape index (κ1) is 29.8.